The van der Waals surface area contributed by atoms with Gasteiger partial charge in [-0.05, 0) is 12.1 Å². The summed E-state index contributed by atoms with van der Waals surface area (Å²) >= 11 is 5.52. The summed E-state index contributed by atoms with van der Waals surface area (Å²) in [5, 5.41) is 9.33. The Bertz CT molecular complexity index is 562. The molecule has 0 radical (unpaired) electrons. The number of phenolic OH excluding ortho intramolecular Hbond substituents is 1. The molecule has 14 heavy (non-hydrogen) atoms. The maximum absolute atomic E-state index is 13.3. The zero-order valence-corrected chi connectivity index (χ0v) is 7.51. The predicted octanol–water partition coefficient (Wildman–Crippen LogP) is 2.29. The van der Waals surface area contributed by atoms with Crippen LogP contribution in [0.25, 0.3) is 11.0 Å². The highest BCUT2D eigenvalue weighted by Crippen LogP contribution is 2.32. The molecule has 0 unspecified atom stereocenters. The molecule has 0 amide bonds. The molecule has 1 aromatic carbocycles. The van der Waals surface area contributed by atoms with Gasteiger partial charge in [0.25, 0.3) is 0 Å². The zero-order chi connectivity index (χ0) is 10.3. The Morgan fingerprint density at radius 1 is 1.43 bits per heavy atom. The first kappa shape index (κ1) is 9.02. The molecule has 1 aromatic heterocycles. The van der Waals surface area contributed by atoms with E-state index in [1.165, 1.54) is 12.1 Å². The lowest BCUT2D eigenvalue weighted by Crippen LogP contribution is -1.96. The molecule has 5 heteroatoms. The summed E-state index contributed by atoms with van der Waals surface area (Å²) in [6.45, 7) is 0. The topological polar surface area (TPSA) is 50.4 Å². The standard InChI is InChI=1S/C9H4ClFO3/c10-5-3-4-1-2-6(12)14-9(4)7(11)8(5)13/h1-3,13H. The van der Waals surface area contributed by atoms with Gasteiger partial charge in [0.1, 0.15) is 0 Å². The normalized spacial score (nSPS) is 10.7. The number of benzene rings is 1. The second kappa shape index (κ2) is 2.99. The van der Waals surface area contributed by atoms with E-state index in [0.29, 0.717) is 5.39 Å². The van der Waals surface area contributed by atoms with Crippen LogP contribution in [0.15, 0.2) is 27.4 Å². The van der Waals surface area contributed by atoms with Crippen LogP contribution in [0.3, 0.4) is 0 Å². The zero-order valence-electron chi connectivity index (χ0n) is 6.75. The molecule has 1 heterocycles. The molecule has 1 N–H and O–H groups in total. The van der Waals surface area contributed by atoms with Crippen molar-refractivity contribution in [1.29, 1.82) is 0 Å². The maximum Gasteiger partial charge on any atom is 0.336 e. The van der Waals surface area contributed by atoms with Crippen LogP contribution in [0.2, 0.25) is 5.02 Å². The SMILES string of the molecule is O=c1ccc2cc(Cl)c(O)c(F)c2o1. The molecule has 0 aliphatic rings. The number of phenols is 1. The summed E-state index contributed by atoms with van der Waals surface area (Å²) in [5.41, 5.74) is -0.975. The van der Waals surface area contributed by atoms with Crippen LogP contribution < -0.4 is 5.63 Å². The Hall–Kier alpha value is -1.55. The van der Waals surface area contributed by atoms with Crippen LogP contribution in [-0.2, 0) is 0 Å². The Labute approximate surface area is 82.3 Å². The molecule has 2 rings (SSSR count). The third-order valence-corrected chi connectivity index (χ3v) is 2.07. The molecular weight excluding hydrogens is 211 g/mol. The Balaban J connectivity index is 2.99. The van der Waals surface area contributed by atoms with E-state index in [2.05, 4.69) is 4.42 Å². The smallest absolute Gasteiger partial charge is 0.336 e. The number of hydrogen-bond donors (Lipinski definition) is 1. The van der Waals surface area contributed by atoms with Crippen molar-refractivity contribution in [3.63, 3.8) is 0 Å². The highest BCUT2D eigenvalue weighted by Gasteiger charge is 2.13. The lowest BCUT2D eigenvalue weighted by atomic mass is 10.2. The van der Waals surface area contributed by atoms with Crippen LogP contribution >= 0.6 is 11.6 Å². The third-order valence-electron chi connectivity index (χ3n) is 1.78. The highest BCUT2D eigenvalue weighted by atomic mass is 35.5. The molecule has 0 saturated heterocycles. The van der Waals surface area contributed by atoms with Crippen LogP contribution in [0.4, 0.5) is 4.39 Å². The largest absolute Gasteiger partial charge is 0.504 e. The van der Waals surface area contributed by atoms with Gasteiger partial charge in [-0.15, -0.1) is 0 Å². The second-order valence-electron chi connectivity index (χ2n) is 2.69. The highest BCUT2D eigenvalue weighted by molar-refractivity contribution is 6.32. The van der Waals surface area contributed by atoms with E-state index in [1.807, 2.05) is 0 Å². The van der Waals surface area contributed by atoms with Gasteiger partial charge in [0.05, 0.1) is 5.02 Å². The number of aromatic hydroxyl groups is 1. The fourth-order valence-electron chi connectivity index (χ4n) is 1.13. The van der Waals surface area contributed by atoms with Crippen molar-refractivity contribution in [3.8, 4) is 5.75 Å². The molecule has 0 saturated carbocycles. The summed E-state index contributed by atoms with van der Waals surface area (Å²) in [5.74, 6) is -1.74. The Kier molecular flexibility index (Phi) is 1.93. The molecule has 0 spiro atoms. The Morgan fingerprint density at radius 2 is 2.14 bits per heavy atom. The molecule has 0 fully saturated rings. The van der Waals surface area contributed by atoms with Gasteiger partial charge in [-0.1, -0.05) is 11.6 Å². The molecule has 0 bridgehead atoms. The third kappa shape index (κ3) is 1.24. The van der Waals surface area contributed by atoms with Crippen molar-refractivity contribution in [2.24, 2.45) is 0 Å². The average molecular weight is 215 g/mol. The van der Waals surface area contributed by atoms with Crippen molar-refractivity contribution in [3.05, 3.63) is 39.5 Å². The minimum Gasteiger partial charge on any atom is -0.504 e. The van der Waals surface area contributed by atoms with E-state index in [4.69, 9.17) is 16.7 Å². The van der Waals surface area contributed by atoms with E-state index < -0.39 is 17.2 Å². The van der Waals surface area contributed by atoms with Gasteiger partial charge in [0, 0.05) is 11.5 Å². The van der Waals surface area contributed by atoms with E-state index in [-0.39, 0.29) is 10.6 Å². The molecule has 0 atom stereocenters. The van der Waals surface area contributed by atoms with Crippen molar-refractivity contribution >= 4 is 22.6 Å². The van der Waals surface area contributed by atoms with E-state index in [0.717, 1.165) is 6.07 Å². The van der Waals surface area contributed by atoms with Gasteiger partial charge >= 0.3 is 5.63 Å². The van der Waals surface area contributed by atoms with Crippen LogP contribution in [0.1, 0.15) is 0 Å². The predicted molar refractivity (Wildman–Crippen MR) is 49.1 cm³/mol. The molecular formula is C9H4ClFO3. The summed E-state index contributed by atoms with van der Waals surface area (Å²) < 4.78 is 17.9. The van der Waals surface area contributed by atoms with Crippen molar-refractivity contribution < 1.29 is 13.9 Å². The van der Waals surface area contributed by atoms with Gasteiger partial charge in [0.2, 0.25) is 5.82 Å². The van der Waals surface area contributed by atoms with E-state index >= 15 is 0 Å². The van der Waals surface area contributed by atoms with Crippen LogP contribution in [-0.4, -0.2) is 5.11 Å². The second-order valence-corrected chi connectivity index (χ2v) is 3.10. The molecule has 0 aliphatic heterocycles. The number of fused-ring (bicyclic) bond motifs is 1. The average Bonchev–Trinajstić information content (AvgIpc) is 2.16. The van der Waals surface area contributed by atoms with E-state index in [9.17, 15) is 9.18 Å². The lowest BCUT2D eigenvalue weighted by molar-refractivity contribution is 0.425. The Morgan fingerprint density at radius 3 is 2.86 bits per heavy atom. The molecule has 72 valence electrons. The fourth-order valence-corrected chi connectivity index (χ4v) is 1.33. The number of hydrogen-bond acceptors (Lipinski definition) is 3. The fraction of sp³-hybridized carbons (Fsp3) is 0. The van der Waals surface area contributed by atoms with Crippen molar-refractivity contribution in [2.75, 3.05) is 0 Å². The number of rotatable bonds is 0. The quantitative estimate of drug-likeness (QED) is 0.685. The minimum absolute atomic E-state index is 0.121. The van der Waals surface area contributed by atoms with Gasteiger partial charge in [-0.25, -0.2) is 4.79 Å². The van der Waals surface area contributed by atoms with Gasteiger partial charge in [0.15, 0.2) is 11.3 Å². The number of halogens is 2. The summed E-state index contributed by atoms with van der Waals surface area (Å²) in [4.78, 5) is 10.8. The van der Waals surface area contributed by atoms with Crippen molar-refractivity contribution in [1.82, 2.24) is 0 Å². The first-order valence-electron chi connectivity index (χ1n) is 3.70. The first-order valence-corrected chi connectivity index (χ1v) is 4.08. The monoisotopic (exact) mass is 214 g/mol. The van der Waals surface area contributed by atoms with Crippen LogP contribution in [0, 0.1) is 5.82 Å². The van der Waals surface area contributed by atoms with Crippen molar-refractivity contribution in [2.45, 2.75) is 0 Å². The first-order chi connectivity index (χ1) is 6.59. The summed E-state index contributed by atoms with van der Waals surface area (Å²) in [7, 11) is 0. The molecule has 3 nitrogen and oxygen atoms in total. The summed E-state index contributed by atoms with van der Waals surface area (Å²) in [6.07, 6.45) is 0. The maximum atomic E-state index is 13.3. The lowest BCUT2D eigenvalue weighted by Gasteiger charge is -2.01. The van der Waals surface area contributed by atoms with Gasteiger partial charge < -0.3 is 9.52 Å². The van der Waals surface area contributed by atoms with Gasteiger partial charge in [-0.3, -0.25) is 0 Å². The van der Waals surface area contributed by atoms with Gasteiger partial charge in [-0.2, -0.15) is 4.39 Å². The van der Waals surface area contributed by atoms with E-state index in [1.54, 1.807) is 0 Å². The minimum atomic E-state index is -1.02. The van der Waals surface area contributed by atoms with Crippen LogP contribution in [0.5, 0.6) is 5.75 Å². The molecule has 0 aliphatic carbocycles. The summed E-state index contributed by atoms with van der Waals surface area (Å²) in [6, 6.07) is 3.84. The molecule has 2 aromatic rings.